The van der Waals surface area contributed by atoms with Crippen molar-refractivity contribution in [3.05, 3.63) is 53.6 Å². The van der Waals surface area contributed by atoms with Gasteiger partial charge in [-0.1, -0.05) is 32.0 Å². The Morgan fingerprint density at radius 1 is 1.00 bits per heavy atom. The molecule has 1 N–H and O–H groups in total. The van der Waals surface area contributed by atoms with Crippen LogP contribution in [-0.4, -0.2) is 24.5 Å². The average Bonchev–Trinajstić information content (AvgIpc) is 2.66. The molecule has 0 saturated carbocycles. The van der Waals surface area contributed by atoms with Gasteiger partial charge in [0.15, 0.2) is 0 Å². The minimum atomic E-state index is -0.215. The van der Waals surface area contributed by atoms with Crippen LogP contribution in [0.5, 0.6) is 5.75 Å². The largest absolute Gasteiger partial charge is 0.491 e. The molecule has 0 aliphatic carbocycles. The van der Waals surface area contributed by atoms with Crippen LogP contribution in [0.25, 0.3) is 0 Å². The Balaban J connectivity index is 2.17. The van der Waals surface area contributed by atoms with E-state index in [2.05, 4.69) is 19.2 Å². The Kier molecular flexibility index (Phi) is 7.61. The van der Waals surface area contributed by atoms with E-state index in [1.54, 1.807) is 12.1 Å². The summed E-state index contributed by atoms with van der Waals surface area (Å²) in [4.78, 5) is 26.3. The van der Waals surface area contributed by atoms with Gasteiger partial charge < -0.3 is 15.0 Å². The molecule has 2 rings (SSSR count). The number of anilines is 2. The summed E-state index contributed by atoms with van der Waals surface area (Å²) in [5, 5.41) is 3.02. The molecule has 150 valence electrons. The van der Waals surface area contributed by atoms with Gasteiger partial charge in [0.05, 0.1) is 6.10 Å². The third-order valence-corrected chi connectivity index (χ3v) is 4.47. The lowest BCUT2D eigenvalue weighted by molar-refractivity contribution is -0.120. The van der Waals surface area contributed by atoms with Gasteiger partial charge in [0.25, 0.3) is 0 Å². The van der Waals surface area contributed by atoms with Crippen molar-refractivity contribution in [3.63, 3.8) is 0 Å². The van der Waals surface area contributed by atoms with Gasteiger partial charge >= 0.3 is 0 Å². The van der Waals surface area contributed by atoms with E-state index in [-0.39, 0.29) is 24.5 Å². The van der Waals surface area contributed by atoms with E-state index in [4.69, 9.17) is 4.74 Å². The fourth-order valence-corrected chi connectivity index (χ4v) is 3.09. The van der Waals surface area contributed by atoms with Crippen molar-refractivity contribution >= 4 is 23.2 Å². The molecule has 2 aromatic rings. The maximum absolute atomic E-state index is 12.7. The Labute approximate surface area is 167 Å². The third-order valence-electron chi connectivity index (χ3n) is 4.47. The monoisotopic (exact) mass is 382 g/mol. The van der Waals surface area contributed by atoms with Crippen LogP contribution >= 0.6 is 0 Å². The standard InChI is InChI=1S/C23H30N2O3/c1-6-18-9-8-10-19(7-2)23(18)24-22(27)15-25(17(5)26)20-11-13-21(14-12-20)28-16(3)4/h8-14,16H,6-7,15H2,1-5H3,(H,24,27). The molecular weight excluding hydrogens is 352 g/mol. The van der Waals surface area contributed by atoms with Crippen molar-refractivity contribution in [2.45, 2.75) is 53.6 Å². The lowest BCUT2D eigenvalue weighted by Crippen LogP contribution is -2.37. The average molecular weight is 383 g/mol. The number of rotatable bonds is 8. The first-order valence-corrected chi connectivity index (χ1v) is 9.81. The first-order chi connectivity index (χ1) is 13.3. The summed E-state index contributed by atoms with van der Waals surface area (Å²) in [6.45, 7) is 9.46. The first-order valence-electron chi connectivity index (χ1n) is 9.81. The van der Waals surface area contributed by atoms with Crippen LogP contribution in [-0.2, 0) is 22.4 Å². The Hall–Kier alpha value is -2.82. The molecule has 0 heterocycles. The second-order valence-electron chi connectivity index (χ2n) is 6.97. The van der Waals surface area contributed by atoms with E-state index in [1.807, 2.05) is 44.2 Å². The van der Waals surface area contributed by atoms with Crippen molar-refractivity contribution < 1.29 is 14.3 Å². The van der Waals surface area contributed by atoms with Crippen LogP contribution in [0.2, 0.25) is 0 Å². The van der Waals surface area contributed by atoms with Crippen molar-refractivity contribution in [2.24, 2.45) is 0 Å². The maximum atomic E-state index is 12.7. The molecule has 0 aliphatic rings. The van der Waals surface area contributed by atoms with Crippen LogP contribution in [0.3, 0.4) is 0 Å². The Morgan fingerprint density at radius 3 is 2.04 bits per heavy atom. The number of hydrogen-bond donors (Lipinski definition) is 1. The molecule has 0 unspecified atom stereocenters. The van der Waals surface area contributed by atoms with E-state index in [0.29, 0.717) is 5.69 Å². The number of carbonyl (C=O) groups excluding carboxylic acids is 2. The molecule has 5 heteroatoms. The van der Waals surface area contributed by atoms with Crippen molar-refractivity contribution in [1.29, 1.82) is 0 Å². The van der Waals surface area contributed by atoms with Gasteiger partial charge in [-0.15, -0.1) is 0 Å². The predicted molar refractivity (Wildman–Crippen MR) is 114 cm³/mol. The predicted octanol–water partition coefficient (Wildman–Crippen LogP) is 4.59. The number of para-hydroxylation sites is 1. The number of ether oxygens (including phenoxy) is 1. The maximum Gasteiger partial charge on any atom is 0.244 e. The summed E-state index contributed by atoms with van der Waals surface area (Å²) < 4.78 is 5.64. The molecule has 28 heavy (non-hydrogen) atoms. The zero-order valence-corrected chi connectivity index (χ0v) is 17.4. The summed E-state index contributed by atoms with van der Waals surface area (Å²) in [7, 11) is 0. The van der Waals surface area contributed by atoms with E-state index < -0.39 is 0 Å². The van der Waals surface area contributed by atoms with Gasteiger partial charge in [-0.2, -0.15) is 0 Å². The highest BCUT2D eigenvalue weighted by Crippen LogP contribution is 2.24. The highest BCUT2D eigenvalue weighted by molar-refractivity contribution is 6.02. The van der Waals surface area contributed by atoms with Crippen LogP contribution < -0.4 is 15.0 Å². The van der Waals surface area contributed by atoms with Gasteiger partial charge in [-0.25, -0.2) is 0 Å². The van der Waals surface area contributed by atoms with Gasteiger partial charge in [-0.05, 0) is 62.1 Å². The van der Waals surface area contributed by atoms with E-state index >= 15 is 0 Å². The van der Waals surface area contributed by atoms with Crippen molar-refractivity contribution in [3.8, 4) is 5.75 Å². The number of nitrogens with zero attached hydrogens (tertiary/aromatic N) is 1. The van der Waals surface area contributed by atoms with Crippen molar-refractivity contribution in [2.75, 3.05) is 16.8 Å². The van der Waals surface area contributed by atoms with Gasteiger partial charge in [0.1, 0.15) is 12.3 Å². The lowest BCUT2D eigenvalue weighted by atomic mass is 10.0. The molecule has 0 bridgehead atoms. The number of aryl methyl sites for hydroxylation is 2. The summed E-state index contributed by atoms with van der Waals surface area (Å²) in [6, 6.07) is 13.3. The molecule has 0 fully saturated rings. The molecular formula is C23H30N2O3. The zero-order chi connectivity index (χ0) is 20.7. The molecule has 2 amide bonds. The fraction of sp³-hybridized carbons (Fsp3) is 0.391. The molecule has 0 saturated heterocycles. The molecule has 0 aliphatic heterocycles. The number of hydrogen-bond acceptors (Lipinski definition) is 3. The Bertz CT molecular complexity index is 791. The normalized spacial score (nSPS) is 10.6. The molecule has 0 atom stereocenters. The summed E-state index contributed by atoms with van der Waals surface area (Å²) >= 11 is 0. The topological polar surface area (TPSA) is 58.6 Å². The lowest BCUT2D eigenvalue weighted by Gasteiger charge is -2.22. The van der Waals surface area contributed by atoms with Crippen LogP contribution in [0.1, 0.15) is 45.7 Å². The summed E-state index contributed by atoms with van der Waals surface area (Å²) in [6.07, 6.45) is 1.74. The van der Waals surface area contributed by atoms with Crippen molar-refractivity contribution in [1.82, 2.24) is 0 Å². The van der Waals surface area contributed by atoms with E-state index in [1.165, 1.54) is 11.8 Å². The van der Waals surface area contributed by atoms with E-state index in [0.717, 1.165) is 35.4 Å². The summed E-state index contributed by atoms with van der Waals surface area (Å²) in [5.41, 5.74) is 3.72. The van der Waals surface area contributed by atoms with Crippen LogP contribution in [0.4, 0.5) is 11.4 Å². The minimum Gasteiger partial charge on any atom is -0.491 e. The first kappa shape index (κ1) is 21.5. The quantitative estimate of drug-likeness (QED) is 0.726. The zero-order valence-electron chi connectivity index (χ0n) is 17.4. The fourth-order valence-electron chi connectivity index (χ4n) is 3.09. The number of benzene rings is 2. The molecule has 0 spiro atoms. The van der Waals surface area contributed by atoms with Gasteiger partial charge in [0.2, 0.25) is 11.8 Å². The molecule has 2 aromatic carbocycles. The van der Waals surface area contributed by atoms with Crippen LogP contribution in [0.15, 0.2) is 42.5 Å². The highest BCUT2D eigenvalue weighted by atomic mass is 16.5. The van der Waals surface area contributed by atoms with Crippen LogP contribution in [0, 0.1) is 0 Å². The summed E-state index contributed by atoms with van der Waals surface area (Å²) in [5.74, 6) is 0.330. The Morgan fingerprint density at radius 2 is 1.57 bits per heavy atom. The minimum absolute atomic E-state index is 0.0408. The number of carbonyl (C=O) groups is 2. The third kappa shape index (κ3) is 5.59. The number of nitrogens with one attached hydrogen (secondary N) is 1. The van der Waals surface area contributed by atoms with Gasteiger partial charge in [-0.3, -0.25) is 9.59 Å². The smallest absolute Gasteiger partial charge is 0.244 e. The second-order valence-corrected chi connectivity index (χ2v) is 6.97. The second kappa shape index (κ2) is 9.93. The molecule has 5 nitrogen and oxygen atoms in total. The van der Waals surface area contributed by atoms with E-state index in [9.17, 15) is 9.59 Å². The number of amides is 2. The SMILES string of the molecule is CCc1cccc(CC)c1NC(=O)CN(C(C)=O)c1ccc(OC(C)C)cc1. The highest BCUT2D eigenvalue weighted by Gasteiger charge is 2.18. The van der Waals surface area contributed by atoms with Gasteiger partial charge in [0, 0.05) is 18.3 Å². The molecule has 0 aromatic heterocycles. The molecule has 0 radical (unpaired) electrons.